The molecule has 0 fully saturated rings. The number of hydrogen-bond donors (Lipinski definition) is 1. The second-order valence-electron chi connectivity index (χ2n) is 6.08. The summed E-state index contributed by atoms with van der Waals surface area (Å²) in [7, 11) is 5.83. The Morgan fingerprint density at radius 3 is 2.88 bits per heavy atom. The van der Waals surface area contributed by atoms with Crippen molar-refractivity contribution in [2.75, 3.05) is 20.6 Å². The molecule has 1 atom stereocenters. The lowest BCUT2D eigenvalue weighted by Gasteiger charge is -2.22. The van der Waals surface area contributed by atoms with Gasteiger partial charge in [0.2, 0.25) is 0 Å². The highest BCUT2D eigenvalue weighted by Gasteiger charge is 2.19. The maximum absolute atomic E-state index is 12.4. The lowest BCUT2D eigenvalue weighted by atomic mass is 10.2. The third-order valence-electron chi connectivity index (χ3n) is 3.96. The Bertz CT molecular complexity index is 838. The monoisotopic (exact) mass is 374 g/mol. The summed E-state index contributed by atoms with van der Waals surface area (Å²) in [5.74, 6) is 2.22. The summed E-state index contributed by atoms with van der Waals surface area (Å²) >= 11 is 1.56. The van der Waals surface area contributed by atoms with Gasteiger partial charge in [0.05, 0.1) is 18.1 Å². The van der Waals surface area contributed by atoms with Gasteiger partial charge >= 0.3 is 0 Å². The van der Waals surface area contributed by atoms with Crippen LogP contribution in [0.5, 0.6) is 0 Å². The molecule has 0 spiro atoms. The molecule has 7 nitrogen and oxygen atoms in total. The average Bonchev–Trinajstić information content (AvgIpc) is 3.35. The Hall–Kier alpha value is -2.45. The summed E-state index contributed by atoms with van der Waals surface area (Å²) in [5, 5.41) is 3.81. The molecule has 0 aromatic carbocycles. The summed E-state index contributed by atoms with van der Waals surface area (Å²) in [6.07, 6.45) is 5.28. The Morgan fingerprint density at radius 2 is 2.23 bits per heavy atom. The quantitative estimate of drug-likeness (QED) is 0.611. The van der Waals surface area contributed by atoms with E-state index in [0.717, 1.165) is 16.7 Å². The van der Waals surface area contributed by atoms with Gasteiger partial charge in [-0.2, -0.15) is 0 Å². The smallest absolute Gasteiger partial charge is 0.287 e. The SMILES string of the molecule is CN(C)C(CNC(=O)c1ccc(CSc2nccn2C)o1)c1ccco1. The number of amides is 1. The Labute approximate surface area is 156 Å². The molecular formula is C18H22N4O3S. The Morgan fingerprint density at radius 1 is 1.38 bits per heavy atom. The predicted octanol–water partition coefficient (Wildman–Crippen LogP) is 2.93. The van der Waals surface area contributed by atoms with Crippen molar-refractivity contribution in [2.24, 2.45) is 7.05 Å². The first-order valence-electron chi connectivity index (χ1n) is 8.21. The fourth-order valence-electron chi connectivity index (χ4n) is 2.50. The van der Waals surface area contributed by atoms with Gasteiger partial charge in [-0.05, 0) is 38.4 Å². The first-order chi connectivity index (χ1) is 12.5. The van der Waals surface area contributed by atoms with Gasteiger partial charge in [-0.3, -0.25) is 9.69 Å². The fraction of sp³-hybridized carbons (Fsp3) is 0.333. The molecule has 1 unspecified atom stereocenters. The molecule has 0 saturated heterocycles. The second-order valence-corrected chi connectivity index (χ2v) is 7.02. The molecule has 26 heavy (non-hydrogen) atoms. The third kappa shape index (κ3) is 4.39. The number of thioether (sulfide) groups is 1. The van der Waals surface area contributed by atoms with Crippen molar-refractivity contribution in [3.63, 3.8) is 0 Å². The van der Waals surface area contributed by atoms with Gasteiger partial charge < -0.3 is 18.7 Å². The molecule has 0 radical (unpaired) electrons. The van der Waals surface area contributed by atoms with Crippen molar-refractivity contribution in [3.8, 4) is 0 Å². The molecule has 0 aliphatic rings. The van der Waals surface area contributed by atoms with Crippen LogP contribution in [-0.2, 0) is 12.8 Å². The second kappa shape index (κ2) is 8.29. The minimum absolute atomic E-state index is 0.0395. The van der Waals surface area contributed by atoms with Crippen LogP contribution in [-0.4, -0.2) is 41.0 Å². The lowest BCUT2D eigenvalue weighted by molar-refractivity contribution is 0.0910. The standard InChI is InChI=1S/C18H22N4O3S/c1-21(2)14(15-5-4-10-24-15)11-20-17(23)16-7-6-13(25-16)12-26-18-19-8-9-22(18)3/h4-10,14H,11-12H2,1-3H3,(H,20,23). The van der Waals surface area contributed by atoms with Crippen LogP contribution >= 0.6 is 11.8 Å². The Kier molecular flexibility index (Phi) is 5.85. The molecule has 3 aromatic rings. The molecule has 3 aromatic heterocycles. The van der Waals surface area contributed by atoms with Crippen LogP contribution in [0.25, 0.3) is 0 Å². The van der Waals surface area contributed by atoms with Crippen molar-refractivity contribution in [2.45, 2.75) is 17.0 Å². The first-order valence-corrected chi connectivity index (χ1v) is 9.20. The van der Waals surface area contributed by atoms with Crippen LogP contribution in [0, 0.1) is 0 Å². The Balaban J connectivity index is 1.55. The van der Waals surface area contributed by atoms with Crippen molar-refractivity contribution < 1.29 is 13.6 Å². The van der Waals surface area contributed by atoms with Crippen LogP contribution in [0.1, 0.15) is 28.1 Å². The summed E-state index contributed by atoms with van der Waals surface area (Å²) in [5.41, 5.74) is 0. The maximum Gasteiger partial charge on any atom is 0.287 e. The number of rotatable bonds is 8. The molecule has 0 aliphatic carbocycles. The van der Waals surface area contributed by atoms with Gasteiger partial charge in [0.15, 0.2) is 10.9 Å². The van der Waals surface area contributed by atoms with Gasteiger partial charge in [-0.15, -0.1) is 0 Å². The number of likely N-dealkylation sites (N-methyl/N-ethyl adjacent to an activating group) is 1. The van der Waals surface area contributed by atoms with E-state index >= 15 is 0 Å². The molecule has 8 heteroatoms. The topological polar surface area (TPSA) is 76.4 Å². The molecule has 1 N–H and O–H groups in total. The molecule has 0 aliphatic heterocycles. The van der Waals surface area contributed by atoms with E-state index in [1.54, 1.807) is 30.3 Å². The normalized spacial score (nSPS) is 12.5. The minimum Gasteiger partial charge on any atom is -0.468 e. The highest BCUT2D eigenvalue weighted by atomic mass is 32.2. The van der Waals surface area contributed by atoms with Crippen molar-refractivity contribution >= 4 is 17.7 Å². The minimum atomic E-state index is -0.239. The number of aryl methyl sites for hydroxylation is 1. The first kappa shape index (κ1) is 18.3. The summed E-state index contributed by atoms with van der Waals surface area (Å²) in [4.78, 5) is 18.6. The summed E-state index contributed by atoms with van der Waals surface area (Å²) in [6, 6.07) is 7.21. The molecule has 1 amide bonds. The highest BCUT2D eigenvalue weighted by Crippen LogP contribution is 2.22. The summed E-state index contributed by atoms with van der Waals surface area (Å²) < 4.78 is 13.1. The number of hydrogen-bond acceptors (Lipinski definition) is 6. The molecule has 0 bridgehead atoms. The molecule has 3 heterocycles. The van der Waals surface area contributed by atoms with Crippen LogP contribution < -0.4 is 5.32 Å². The molecule has 0 saturated carbocycles. The number of aromatic nitrogens is 2. The number of nitrogens with one attached hydrogen (secondary N) is 1. The number of imidazole rings is 1. The van der Waals surface area contributed by atoms with Gasteiger partial charge in [-0.25, -0.2) is 4.98 Å². The van der Waals surface area contributed by atoms with Crippen LogP contribution in [0.3, 0.4) is 0 Å². The summed E-state index contributed by atoms with van der Waals surface area (Å²) in [6.45, 7) is 0.428. The van der Waals surface area contributed by atoms with Crippen LogP contribution in [0.4, 0.5) is 0 Å². The number of furan rings is 2. The zero-order chi connectivity index (χ0) is 18.5. The van der Waals surface area contributed by atoms with E-state index in [1.165, 1.54) is 0 Å². The lowest BCUT2D eigenvalue weighted by Crippen LogP contribution is -2.34. The molecular weight excluding hydrogens is 352 g/mol. The average molecular weight is 374 g/mol. The third-order valence-corrected chi connectivity index (χ3v) is 5.04. The number of carbonyl (C=O) groups excluding carboxylic acids is 1. The van der Waals surface area contributed by atoms with E-state index in [-0.39, 0.29) is 11.9 Å². The van der Waals surface area contributed by atoms with Crippen LogP contribution in [0.2, 0.25) is 0 Å². The molecule has 138 valence electrons. The zero-order valence-corrected chi connectivity index (χ0v) is 15.8. The van der Waals surface area contributed by atoms with E-state index in [0.29, 0.717) is 18.1 Å². The van der Waals surface area contributed by atoms with Gasteiger partial charge in [-0.1, -0.05) is 11.8 Å². The van der Waals surface area contributed by atoms with E-state index < -0.39 is 0 Å². The van der Waals surface area contributed by atoms with Crippen molar-refractivity contribution in [1.29, 1.82) is 0 Å². The predicted molar refractivity (Wildman–Crippen MR) is 98.9 cm³/mol. The number of nitrogens with zero attached hydrogens (tertiary/aromatic N) is 3. The number of carbonyl (C=O) groups is 1. The van der Waals surface area contributed by atoms with Gasteiger partial charge in [0.1, 0.15) is 11.5 Å². The van der Waals surface area contributed by atoms with E-state index in [9.17, 15) is 4.79 Å². The van der Waals surface area contributed by atoms with E-state index in [4.69, 9.17) is 8.83 Å². The van der Waals surface area contributed by atoms with Gasteiger partial charge in [0.25, 0.3) is 5.91 Å². The zero-order valence-electron chi connectivity index (χ0n) is 15.0. The fourth-order valence-corrected chi connectivity index (χ4v) is 3.33. The van der Waals surface area contributed by atoms with E-state index in [1.807, 2.05) is 55.0 Å². The van der Waals surface area contributed by atoms with Crippen molar-refractivity contribution in [1.82, 2.24) is 19.8 Å². The highest BCUT2D eigenvalue weighted by molar-refractivity contribution is 7.98. The van der Waals surface area contributed by atoms with E-state index in [2.05, 4.69) is 10.3 Å². The largest absolute Gasteiger partial charge is 0.468 e. The van der Waals surface area contributed by atoms with Crippen molar-refractivity contribution in [3.05, 3.63) is 60.2 Å². The van der Waals surface area contributed by atoms with Crippen LogP contribution in [0.15, 0.2) is 56.9 Å². The van der Waals surface area contributed by atoms with Gasteiger partial charge in [0, 0.05) is 26.0 Å². The maximum atomic E-state index is 12.4. The molecule has 3 rings (SSSR count).